The fourth-order valence-electron chi connectivity index (χ4n) is 4.92. The molecule has 5 atom stereocenters. The molecule has 0 radical (unpaired) electrons. The van der Waals surface area contributed by atoms with Gasteiger partial charge in [0.15, 0.2) is 6.10 Å². The Morgan fingerprint density at radius 1 is 1.00 bits per heavy atom. The first kappa shape index (κ1) is 27.4. The fourth-order valence-corrected chi connectivity index (χ4v) is 5.11. The van der Waals surface area contributed by atoms with Gasteiger partial charge < -0.3 is 23.7 Å². The van der Waals surface area contributed by atoms with Crippen molar-refractivity contribution in [3.8, 4) is 5.75 Å². The highest BCUT2D eigenvalue weighted by atomic mass is 35.5. The van der Waals surface area contributed by atoms with Crippen LogP contribution in [0.3, 0.4) is 0 Å². The van der Waals surface area contributed by atoms with Gasteiger partial charge in [0.1, 0.15) is 18.0 Å². The molecule has 8 heteroatoms. The number of hydrogen-bond donors (Lipinski definition) is 0. The first-order chi connectivity index (χ1) is 17.7. The third-order valence-electron chi connectivity index (χ3n) is 6.96. The lowest BCUT2D eigenvalue weighted by Gasteiger charge is -2.44. The maximum absolute atomic E-state index is 12.0. The van der Waals surface area contributed by atoms with Crippen molar-refractivity contribution in [1.29, 1.82) is 0 Å². The molecule has 0 aliphatic carbocycles. The average Bonchev–Trinajstić information content (AvgIpc) is 2.83. The molecule has 2 aromatic rings. The summed E-state index contributed by atoms with van der Waals surface area (Å²) < 4.78 is 28.8. The molecule has 0 unspecified atom stereocenters. The van der Waals surface area contributed by atoms with E-state index in [4.69, 9.17) is 35.3 Å². The van der Waals surface area contributed by atoms with Gasteiger partial charge in [-0.3, -0.25) is 9.59 Å². The molecule has 7 nitrogen and oxygen atoms in total. The maximum atomic E-state index is 12.0. The minimum Gasteiger partial charge on any atom is -0.493 e. The van der Waals surface area contributed by atoms with Gasteiger partial charge in [-0.2, -0.15) is 0 Å². The second kappa shape index (κ2) is 12.3. The Bertz CT molecular complexity index is 1080. The van der Waals surface area contributed by atoms with E-state index in [1.54, 1.807) is 0 Å². The summed E-state index contributed by atoms with van der Waals surface area (Å²) in [6.07, 6.45) is -0.828. The summed E-state index contributed by atoms with van der Waals surface area (Å²) in [5, 5.41) is 0.630. The van der Waals surface area contributed by atoms with E-state index < -0.39 is 30.3 Å². The van der Waals surface area contributed by atoms with Crippen molar-refractivity contribution in [2.24, 2.45) is 11.8 Å². The standard InChI is InChI=1S/C29H35ClO7/c1-5-26-17(2)27(35-18(3)31)29(36-19(4)32)28(37-26)22-8-11-25(30)23(13-22)12-20-6-9-24(10-7-20)34-16-21-14-33-15-21/h6-11,13,17,21,26-29H,5,12,14-16H2,1-4H3/t17-,26-,27+,28+,29-/m1/s1. The van der Waals surface area contributed by atoms with Crippen LogP contribution in [0.2, 0.25) is 5.02 Å². The summed E-state index contributed by atoms with van der Waals surface area (Å²) in [4.78, 5) is 23.9. The normalized spacial score (nSPS) is 25.7. The maximum Gasteiger partial charge on any atom is 0.303 e. The van der Waals surface area contributed by atoms with E-state index in [1.807, 2.05) is 56.3 Å². The number of carbonyl (C=O) groups excluding carboxylic acids is 2. The number of ether oxygens (including phenoxy) is 5. The van der Waals surface area contributed by atoms with Gasteiger partial charge in [-0.25, -0.2) is 0 Å². The van der Waals surface area contributed by atoms with Gasteiger partial charge in [0.25, 0.3) is 0 Å². The average molecular weight is 531 g/mol. The molecule has 4 rings (SSSR count). The highest BCUT2D eigenvalue weighted by Gasteiger charge is 2.47. The van der Waals surface area contributed by atoms with Crippen LogP contribution in [0.4, 0.5) is 0 Å². The molecule has 0 N–H and O–H groups in total. The summed E-state index contributed by atoms with van der Waals surface area (Å²) in [6, 6.07) is 13.7. The van der Waals surface area contributed by atoms with E-state index in [2.05, 4.69) is 0 Å². The molecule has 200 valence electrons. The van der Waals surface area contributed by atoms with Crippen molar-refractivity contribution in [1.82, 2.24) is 0 Å². The number of benzene rings is 2. The molecule has 37 heavy (non-hydrogen) atoms. The van der Waals surface area contributed by atoms with E-state index in [1.165, 1.54) is 13.8 Å². The van der Waals surface area contributed by atoms with Crippen molar-refractivity contribution in [3.63, 3.8) is 0 Å². The number of hydrogen-bond acceptors (Lipinski definition) is 7. The molecule has 0 aromatic heterocycles. The van der Waals surface area contributed by atoms with Gasteiger partial charge in [0, 0.05) is 30.7 Å². The molecule has 0 saturated carbocycles. The smallest absolute Gasteiger partial charge is 0.303 e. The van der Waals surface area contributed by atoms with Crippen LogP contribution in [0.25, 0.3) is 0 Å². The highest BCUT2D eigenvalue weighted by molar-refractivity contribution is 6.31. The largest absolute Gasteiger partial charge is 0.493 e. The van der Waals surface area contributed by atoms with Crippen LogP contribution in [0.5, 0.6) is 5.75 Å². The van der Waals surface area contributed by atoms with Crippen molar-refractivity contribution in [2.45, 2.75) is 65.0 Å². The van der Waals surface area contributed by atoms with Crippen LogP contribution in [-0.4, -0.2) is 50.1 Å². The molecular weight excluding hydrogens is 496 g/mol. The molecule has 2 aliphatic rings. The first-order valence-corrected chi connectivity index (χ1v) is 13.2. The molecule has 2 aliphatic heterocycles. The van der Waals surface area contributed by atoms with Crippen LogP contribution in [0, 0.1) is 11.8 Å². The summed E-state index contributed by atoms with van der Waals surface area (Å²) >= 11 is 6.59. The van der Waals surface area contributed by atoms with E-state index >= 15 is 0 Å². The summed E-state index contributed by atoms with van der Waals surface area (Å²) in [5.74, 6) is 0.272. The van der Waals surface area contributed by atoms with Crippen LogP contribution < -0.4 is 4.74 Å². The van der Waals surface area contributed by atoms with Gasteiger partial charge in [-0.1, -0.05) is 49.7 Å². The van der Waals surface area contributed by atoms with Gasteiger partial charge in [0.2, 0.25) is 0 Å². The van der Waals surface area contributed by atoms with E-state index in [-0.39, 0.29) is 12.0 Å². The van der Waals surface area contributed by atoms with Crippen molar-refractivity contribution in [2.75, 3.05) is 19.8 Å². The Labute approximate surface area is 223 Å². The molecule has 0 spiro atoms. The zero-order valence-corrected chi connectivity index (χ0v) is 22.5. The Morgan fingerprint density at radius 2 is 1.68 bits per heavy atom. The lowest BCUT2D eigenvalue weighted by Crippen LogP contribution is -2.52. The van der Waals surface area contributed by atoms with Gasteiger partial charge in [0.05, 0.1) is 25.9 Å². The number of esters is 2. The van der Waals surface area contributed by atoms with Gasteiger partial charge >= 0.3 is 11.9 Å². The van der Waals surface area contributed by atoms with Crippen molar-refractivity contribution < 1.29 is 33.3 Å². The Balaban J connectivity index is 1.55. The van der Waals surface area contributed by atoms with Crippen LogP contribution in [0.1, 0.15) is 56.9 Å². The number of carbonyl (C=O) groups is 2. The molecular formula is C29H35ClO7. The van der Waals surface area contributed by atoms with Crippen molar-refractivity contribution >= 4 is 23.5 Å². The van der Waals surface area contributed by atoms with Crippen LogP contribution >= 0.6 is 11.6 Å². The second-order valence-corrected chi connectivity index (χ2v) is 10.3. The third kappa shape index (κ3) is 6.83. The predicted octanol–water partition coefficient (Wildman–Crippen LogP) is 5.31. The van der Waals surface area contributed by atoms with Gasteiger partial charge in [-0.15, -0.1) is 0 Å². The molecule has 2 saturated heterocycles. The monoisotopic (exact) mass is 530 g/mol. The van der Waals surface area contributed by atoms with E-state index in [9.17, 15) is 9.59 Å². The molecule has 2 aromatic carbocycles. The molecule has 0 bridgehead atoms. The minimum atomic E-state index is -0.772. The fraction of sp³-hybridized carbons (Fsp3) is 0.517. The third-order valence-corrected chi connectivity index (χ3v) is 7.33. The highest BCUT2D eigenvalue weighted by Crippen LogP contribution is 2.40. The van der Waals surface area contributed by atoms with E-state index in [0.717, 1.165) is 42.1 Å². The zero-order valence-electron chi connectivity index (χ0n) is 21.8. The summed E-state index contributed by atoms with van der Waals surface area (Å²) in [5.41, 5.74) is 2.81. The summed E-state index contributed by atoms with van der Waals surface area (Å²) in [6.45, 7) is 8.86. The Kier molecular flexibility index (Phi) is 9.11. The quantitative estimate of drug-likeness (QED) is 0.407. The van der Waals surface area contributed by atoms with E-state index in [0.29, 0.717) is 24.0 Å². The molecule has 2 heterocycles. The van der Waals surface area contributed by atoms with Gasteiger partial charge in [-0.05, 0) is 47.7 Å². The molecule has 2 fully saturated rings. The van der Waals surface area contributed by atoms with Crippen LogP contribution in [-0.2, 0) is 35.0 Å². The molecule has 0 amide bonds. The first-order valence-electron chi connectivity index (χ1n) is 12.8. The topological polar surface area (TPSA) is 80.3 Å². The zero-order chi connectivity index (χ0) is 26.5. The summed E-state index contributed by atoms with van der Waals surface area (Å²) in [7, 11) is 0. The lowest BCUT2D eigenvalue weighted by molar-refractivity contribution is -0.225. The minimum absolute atomic E-state index is 0.140. The predicted molar refractivity (Wildman–Crippen MR) is 139 cm³/mol. The Hall–Kier alpha value is -2.61. The number of rotatable bonds is 9. The Morgan fingerprint density at radius 3 is 2.27 bits per heavy atom. The lowest BCUT2D eigenvalue weighted by atomic mass is 9.84. The second-order valence-electron chi connectivity index (χ2n) is 9.90. The number of halogens is 1. The SMILES string of the molecule is CC[C@H]1O[C@@H](c2ccc(Cl)c(Cc3ccc(OCC4COC4)cc3)c2)[C@H](OC(C)=O)[C@@H](OC(C)=O)[C@@H]1C. The van der Waals surface area contributed by atoms with Crippen molar-refractivity contribution in [3.05, 3.63) is 64.2 Å². The van der Waals surface area contributed by atoms with Crippen LogP contribution in [0.15, 0.2) is 42.5 Å².